The largest absolute Gasteiger partial charge is 0.481 e. The predicted octanol–water partition coefficient (Wildman–Crippen LogP) is 1.44. The van der Waals surface area contributed by atoms with Gasteiger partial charge in [0, 0.05) is 5.69 Å². The first-order chi connectivity index (χ1) is 9.43. The zero-order chi connectivity index (χ0) is 14.9. The minimum absolute atomic E-state index is 0.331. The van der Waals surface area contributed by atoms with E-state index < -0.39 is 23.8 Å². The van der Waals surface area contributed by atoms with Crippen LogP contribution in [0.15, 0.2) is 18.2 Å². The van der Waals surface area contributed by atoms with Crippen molar-refractivity contribution >= 4 is 23.5 Å². The van der Waals surface area contributed by atoms with Gasteiger partial charge in [0.25, 0.3) is 0 Å². The number of aryl methyl sites for hydroxylation is 1. The minimum atomic E-state index is -0.954. The van der Waals surface area contributed by atoms with Crippen molar-refractivity contribution in [3.8, 4) is 0 Å². The van der Waals surface area contributed by atoms with Crippen molar-refractivity contribution in [2.45, 2.75) is 13.3 Å². The molecular weight excluding hydrogens is 262 g/mol. The van der Waals surface area contributed by atoms with Crippen LogP contribution in [0.4, 0.5) is 5.69 Å². The zero-order valence-electron chi connectivity index (χ0n) is 11.2. The van der Waals surface area contributed by atoms with Gasteiger partial charge in [-0.15, -0.1) is 0 Å². The lowest BCUT2D eigenvalue weighted by atomic mass is 10.1. The number of carboxylic acids is 1. The maximum Gasteiger partial charge on any atom is 0.337 e. The number of carboxylic acid groups (broad SMARTS) is 1. The molecule has 2 rings (SSSR count). The Hall–Kier alpha value is -2.37. The summed E-state index contributed by atoms with van der Waals surface area (Å²) in [7, 11) is 1.28. The molecule has 1 aliphatic rings. The van der Waals surface area contributed by atoms with E-state index in [9.17, 15) is 14.4 Å². The lowest BCUT2D eigenvalue weighted by molar-refractivity contribution is -0.139. The van der Waals surface area contributed by atoms with E-state index in [2.05, 4.69) is 10.1 Å². The molecule has 2 N–H and O–H groups in total. The van der Waals surface area contributed by atoms with Gasteiger partial charge in [0.15, 0.2) is 0 Å². The Kier molecular flexibility index (Phi) is 3.74. The van der Waals surface area contributed by atoms with Gasteiger partial charge < -0.3 is 15.2 Å². The van der Waals surface area contributed by atoms with E-state index in [1.165, 1.54) is 13.2 Å². The fourth-order valence-corrected chi connectivity index (χ4v) is 1.98. The number of methoxy groups -OCH3 is 1. The molecule has 106 valence electrons. The second kappa shape index (κ2) is 5.32. The quantitative estimate of drug-likeness (QED) is 0.812. The molecule has 0 spiro atoms. The number of aliphatic carboxylic acids is 1. The van der Waals surface area contributed by atoms with Crippen molar-refractivity contribution in [2.75, 3.05) is 12.4 Å². The molecule has 1 amide bonds. The Morgan fingerprint density at radius 1 is 1.30 bits per heavy atom. The predicted molar refractivity (Wildman–Crippen MR) is 70.4 cm³/mol. The average Bonchev–Trinajstić information content (AvgIpc) is 3.20. The monoisotopic (exact) mass is 277 g/mol. The lowest BCUT2D eigenvalue weighted by Crippen LogP contribution is -2.17. The number of nitrogens with one attached hydrogen (secondary N) is 1. The molecule has 1 aliphatic carbocycles. The van der Waals surface area contributed by atoms with Crippen molar-refractivity contribution in [3.05, 3.63) is 29.3 Å². The highest BCUT2D eigenvalue weighted by atomic mass is 16.5. The summed E-state index contributed by atoms with van der Waals surface area (Å²) in [6, 6.07) is 4.83. The summed E-state index contributed by atoms with van der Waals surface area (Å²) in [6.07, 6.45) is 0.358. The Morgan fingerprint density at radius 2 is 2.00 bits per heavy atom. The van der Waals surface area contributed by atoms with Crippen molar-refractivity contribution in [1.29, 1.82) is 0 Å². The first kappa shape index (κ1) is 14.0. The zero-order valence-corrected chi connectivity index (χ0v) is 11.2. The summed E-state index contributed by atoms with van der Waals surface area (Å²) in [5, 5.41) is 11.5. The summed E-state index contributed by atoms with van der Waals surface area (Å²) < 4.78 is 4.62. The lowest BCUT2D eigenvalue weighted by Gasteiger charge is -2.09. The van der Waals surface area contributed by atoms with Crippen LogP contribution < -0.4 is 5.32 Å². The average molecular weight is 277 g/mol. The number of rotatable bonds is 4. The highest BCUT2D eigenvalue weighted by Gasteiger charge is 2.48. The highest BCUT2D eigenvalue weighted by Crippen LogP contribution is 2.39. The summed E-state index contributed by atoms with van der Waals surface area (Å²) in [6.45, 7) is 1.79. The van der Waals surface area contributed by atoms with E-state index in [4.69, 9.17) is 5.11 Å². The van der Waals surface area contributed by atoms with Crippen molar-refractivity contribution in [2.24, 2.45) is 11.8 Å². The molecule has 0 heterocycles. The number of ether oxygens (including phenoxy) is 1. The van der Waals surface area contributed by atoms with Gasteiger partial charge in [0.2, 0.25) is 5.91 Å². The second-order valence-corrected chi connectivity index (χ2v) is 4.80. The Morgan fingerprint density at radius 3 is 2.55 bits per heavy atom. The molecule has 0 unspecified atom stereocenters. The van der Waals surface area contributed by atoms with Gasteiger partial charge >= 0.3 is 11.9 Å². The van der Waals surface area contributed by atoms with Crippen LogP contribution >= 0.6 is 0 Å². The van der Waals surface area contributed by atoms with E-state index in [1.54, 1.807) is 19.1 Å². The van der Waals surface area contributed by atoms with E-state index in [0.29, 0.717) is 17.7 Å². The Balaban J connectivity index is 2.11. The number of hydrogen-bond acceptors (Lipinski definition) is 4. The van der Waals surface area contributed by atoms with E-state index in [0.717, 1.165) is 5.56 Å². The van der Waals surface area contributed by atoms with Crippen LogP contribution in [0.25, 0.3) is 0 Å². The van der Waals surface area contributed by atoms with Gasteiger partial charge in [-0.1, -0.05) is 6.07 Å². The third kappa shape index (κ3) is 2.79. The number of carbonyl (C=O) groups is 3. The van der Waals surface area contributed by atoms with Crippen LogP contribution in [0.2, 0.25) is 0 Å². The number of anilines is 1. The summed E-state index contributed by atoms with van der Waals surface area (Å²) >= 11 is 0. The smallest absolute Gasteiger partial charge is 0.337 e. The number of amides is 1. The molecule has 1 aromatic carbocycles. The van der Waals surface area contributed by atoms with Crippen LogP contribution in [0.1, 0.15) is 22.3 Å². The van der Waals surface area contributed by atoms with E-state index >= 15 is 0 Å². The van der Waals surface area contributed by atoms with E-state index in [1.807, 2.05) is 0 Å². The number of hydrogen-bond donors (Lipinski definition) is 2. The molecule has 0 saturated heterocycles. The van der Waals surface area contributed by atoms with Gasteiger partial charge in [-0.05, 0) is 31.0 Å². The Bertz CT molecular complexity index is 581. The molecule has 0 bridgehead atoms. The molecular formula is C14H15NO5. The summed E-state index contributed by atoms with van der Waals surface area (Å²) in [4.78, 5) is 34.1. The molecule has 1 saturated carbocycles. The van der Waals surface area contributed by atoms with Crippen molar-refractivity contribution in [3.63, 3.8) is 0 Å². The van der Waals surface area contributed by atoms with Crippen molar-refractivity contribution < 1.29 is 24.2 Å². The molecule has 0 aliphatic heterocycles. The molecule has 2 atom stereocenters. The third-order valence-corrected chi connectivity index (χ3v) is 3.36. The maximum atomic E-state index is 11.9. The van der Waals surface area contributed by atoms with E-state index in [-0.39, 0.29) is 5.91 Å². The van der Waals surface area contributed by atoms with Crippen LogP contribution in [-0.2, 0) is 14.3 Å². The third-order valence-electron chi connectivity index (χ3n) is 3.36. The van der Waals surface area contributed by atoms with Gasteiger partial charge in [0.1, 0.15) is 0 Å². The van der Waals surface area contributed by atoms with Crippen LogP contribution in [0, 0.1) is 18.8 Å². The molecule has 6 nitrogen and oxygen atoms in total. The molecule has 6 heteroatoms. The first-order valence-electron chi connectivity index (χ1n) is 6.16. The number of benzene rings is 1. The van der Waals surface area contributed by atoms with Crippen LogP contribution in [0.5, 0.6) is 0 Å². The molecule has 1 aromatic rings. The fourth-order valence-electron chi connectivity index (χ4n) is 1.98. The molecule has 1 fully saturated rings. The fraction of sp³-hybridized carbons (Fsp3) is 0.357. The number of esters is 1. The SMILES string of the molecule is COC(=O)c1ccc(C)c(NC(=O)[C@@H]2C[C@@H]2C(=O)O)c1. The second-order valence-electron chi connectivity index (χ2n) is 4.80. The summed E-state index contributed by atoms with van der Waals surface area (Å²) in [5.74, 6) is -2.86. The standard InChI is InChI=1S/C14H15NO5/c1-7-3-4-8(14(19)20-2)5-11(7)15-12(16)9-6-10(9)13(17)18/h3-5,9-10H,6H2,1-2H3,(H,15,16)(H,17,18)/t9-,10+/m1/s1. The highest BCUT2D eigenvalue weighted by molar-refractivity contribution is 6.00. The van der Waals surface area contributed by atoms with Crippen molar-refractivity contribution in [1.82, 2.24) is 0 Å². The van der Waals surface area contributed by atoms with Gasteiger partial charge in [-0.25, -0.2) is 4.79 Å². The normalized spacial score (nSPS) is 20.1. The minimum Gasteiger partial charge on any atom is -0.481 e. The Labute approximate surface area is 115 Å². The molecule has 0 aromatic heterocycles. The molecule has 20 heavy (non-hydrogen) atoms. The van der Waals surface area contributed by atoms with Gasteiger partial charge in [-0.3, -0.25) is 9.59 Å². The summed E-state index contributed by atoms with van der Waals surface area (Å²) in [5.41, 5.74) is 1.62. The number of carbonyl (C=O) groups excluding carboxylic acids is 2. The van der Waals surface area contributed by atoms with Crippen LogP contribution in [0.3, 0.4) is 0 Å². The first-order valence-corrected chi connectivity index (χ1v) is 6.16. The van der Waals surface area contributed by atoms with Gasteiger partial charge in [0.05, 0.1) is 24.5 Å². The van der Waals surface area contributed by atoms with Crippen LogP contribution in [-0.4, -0.2) is 30.1 Å². The topological polar surface area (TPSA) is 92.7 Å². The maximum absolute atomic E-state index is 11.9. The van der Waals surface area contributed by atoms with Gasteiger partial charge in [-0.2, -0.15) is 0 Å². The molecule has 0 radical (unpaired) electrons.